The molecule has 0 aromatic rings. The van der Waals surface area contributed by atoms with Crippen LogP contribution in [0.3, 0.4) is 0 Å². The Morgan fingerprint density at radius 2 is 2.00 bits per heavy atom. The van der Waals surface area contributed by atoms with Gasteiger partial charge in [-0.2, -0.15) is 0 Å². The molecule has 0 aliphatic heterocycles. The summed E-state index contributed by atoms with van der Waals surface area (Å²) in [6.45, 7) is 2.54. The third-order valence-corrected chi connectivity index (χ3v) is 2.10. The van der Waals surface area contributed by atoms with Gasteiger partial charge < -0.3 is 16.2 Å². The van der Waals surface area contributed by atoms with Crippen molar-refractivity contribution >= 4 is 21.9 Å². The van der Waals surface area contributed by atoms with Crippen LogP contribution in [0.5, 0.6) is 0 Å². The van der Waals surface area contributed by atoms with E-state index >= 15 is 0 Å². The van der Waals surface area contributed by atoms with Crippen LogP contribution in [-0.4, -0.2) is 12.6 Å². The molecule has 0 saturated heterocycles. The fraction of sp³-hybridized carbons (Fsp3) is 0.545. The second-order valence-corrected chi connectivity index (χ2v) is 4.28. The maximum absolute atomic E-state index is 11.2. The largest absolute Gasteiger partial charge is 0.466 e. The van der Waals surface area contributed by atoms with E-state index in [1.807, 2.05) is 6.92 Å². The zero-order valence-electron chi connectivity index (χ0n) is 9.54. The number of esters is 1. The predicted octanol–water partition coefficient (Wildman–Crippen LogP) is 2.15. The highest BCUT2D eigenvalue weighted by molar-refractivity contribution is 9.11. The molecule has 4 nitrogen and oxygen atoms in total. The van der Waals surface area contributed by atoms with Crippen molar-refractivity contribution in [1.82, 2.24) is 0 Å². The van der Waals surface area contributed by atoms with Crippen LogP contribution in [0.2, 0.25) is 0 Å². The zero-order chi connectivity index (χ0) is 12.4. The van der Waals surface area contributed by atoms with E-state index in [2.05, 4.69) is 15.9 Å². The van der Waals surface area contributed by atoms with E-state index in [1.54, 1.807) is 12.2 Å². The van der Waals surface area contributed by atoms with Gasteiger partial charge in [-0.15, -0.1) is 0 Å². The summed E-state index contributed by atoms with van der Waals surface area (Å²) in [6, 6.07) is 0. The summed E-state index contributed by atoms with van der Waals surface area (Å²) in [5, 5.41) is 0. The molecule has 0 unspecified atom stereocenters. The summed E-state index contributed by atoms with van der Waals surface area (Å²) in [7, 11) is 0. The molecule has 0 aliphatic carbocycles. The molecule has 0 heterocycles. The number of nitrogens with two attached hydrogens (primary N) is 2. The lowest BCUT2D eigenvalue weighted by Gasteiger charge is -2.03. The maximum Gasteiger partial charge on any atom is 0.306 e. The van der Waals surface area contributed by atoms with Crippen molar-refractivity contribution < 1.29 is 9.53 Å². The minimum absolute atomic E-state index is 0.208. The molecule has 4 N–H and O–H groups in total. The molecular weight excluding hydrogens is 272 g/mol. The number of allylic oxidation sites excluding steroid dienone is 3. The predicted molar refractivity (Wildman–Crippen MR) is 68.6 cm³/mol. The van der Waals surface area contributed by atoms with Gasteiger partial charge in [0.15, 0.2) is 0 Å². The van der Waals surface area contributed by atoms with Crippen LogP contribution in [0.25, 0.3) is 0 Å². The number of carbonyl (C=O) groups is 1. The van der Waals surface area contributed by atoms with Gasteiger partial charge in [-0.1, -0.05) is 13.3 Å². The van der Waals surface area contributed by atoms with Gasteiger partial charge in [0.05, 0.1) is 17.6 Å². The topological polar surface area (TPSA) is 78.3 Å². The Balaban J connectivity index is 3.74. The van der Waals surface area contributed by atoms with E-state index in [9.17, 15) is 4.79 Å². The molecule has 92 valence electrons. The maximum atomic E-state index is 11.2. The van der Waals surface area contributed by atoms with Crippen LogP contribution in [0.4, 0.5) is 0 Å². The van der Waals surface area contributed by atoms with E-state index < -0.39 is 0 Å². The lowest BCUT2D eigenvalue weighted by molar-refractivity contribution is -0.143. The molecule has 0 fully saturated rings. The Kier molecular flexibility index (Phi) is 8.71. The molecule has 0 radical (unpaired) electrons. The van der Waals surface area contributed by atoms with E-state index in [0.717, 1.165) is 12.8 Å². The fourth-order valence-corrected chi connectivity index (χ4v) is 1.05. The Labute approximate surface area is 105 Å². The summed E-state index contributed by atoms with van der Waals surface area (Å²) in [5.74, 6) is -0.208. The standard InChI is InChI=1S/C11H19BrN2O2/c1-2-3-8-16-11(15)7-5-9(13)4-6-10(12)14/h4,6H,2-3,5,7-8,13-14H2,1H3/b9-4-,10-6-. The molecule has 0 amide bonds. The molecule has 0 aromatic carbocycles. The molecule has 0 aromatic heterocycles. The van der Waals surface area contributed by atoms with Crippen LogP contribution in [0, 0.1) is 0 Å². The van der Waals surface area contributed by atoms with Crippen LogP contribution < -0.4 is 11.5 Å². The number of hydrogen-bond acceptors (Lipinski definition) is 4. The smallest absolute Gasteiger partial charge is 0.306 e. The summed E-state index contributed by atoms with van der Waals surface area (Å²) >= 11 is 3.07. The third kappa shape index (κ3) is 9.58. The average Bonchev–Trinajstić information content (AvgIpc) is 2.24. The lowest BCUT2D eigenvalue weighted by atomic mass is 10.2. The second-order valence-electron chi connectivity index (χ2n) is 3.37. The van der Waals surface area contributed by atoms with Crippen molar-refractivity contribution in [2.45, 2.75) is 32.6 Å². The monoisotopic (exact) mass is 290 g/mol. The molecule has 0 aliphatic rings. The number of unbranched alkanes of at least 4 members (excludes halogenated alkanes) is 1. The summed E-state index contributed by atoms with van der Waals surface area (Å²) < 4.78 is 5.49. The van der Waals surface area contributed by atoms with Crippen molar-refractivity contribution in [3.8, 4) is 0 Å². The average molecular weight is 291 g/mol. The van der Waals surface area contributed by atoms with Crippen molar-refractivity contribution in [3.63, 3.8) is 0 Å². The molecule has 0 atom stereocenters. The number of halogens is 1. The van der Waals surface area contributed by atoms with Gasteiger partial charge in [-0.05, 0) is 40.9 Å². The van der Waals surface area contributed by atoms with Gasteiger partial charge in [0, 0.05) is 5.70 Å². The lowest BCUT2D eigenvalue weighted by Crippen LogP contribution is -2.08. The Morgan fingerprint density at radius 3 is 2.56 bits per heavy atom. The SMILES string of the molecule is CCCCOC(=O)CC/C(N)=C/C=C(\N)Br. The quantitative estimate of drug-likeness (QED) is 0.326. The molecule has 0 rings (SSSR count). The zero-order valence-corrected chi connectivity index (χ0v) is 11.1. The molecule has 16 heavy (non-hydrogen) atoms. The van der Waals surface area contributed by atoms with Crippen molar-refractivity contribution in [2.75, 3.05) is 6.61 Å². The van der Waals surface area contributed by atoms with Gasteiger partial charge in [0.25, 0.3) is 0 Å². The molecule has 5 heteroatoms. The van der Waals surface area contributed by atoms with Crippen LogP contribution in [-0.2, 0) is 9.53 Å². The Bertz CT molecular complexity index is 271. The van der Waals surface area contributed by atoms with Gasteiger partial charge in [0.1, 0.15) is 0 Å². The first-order chi connectivity index (χ1) is 7.56. The number of carbonyl (C=O) groups excluding carboxylic acids is 1. The Hall–Kier alpha value is -0.970. The van der Waals surface area contributed by atoms with Crippen molar-refractivity contribution in [1.29, 1.82) is 0 Å². The fourth-order valence-electron chi connectivity index (χ4n) is 0.919. The van der Waals surface area contributed by atoms with Crippen molar-refractivity contribution in [3.05, 3.63) is 22.5 Å². The highest BCUT2D eigenvalue weighted by Crippen LogP contribution is 2.03. The third-order valence-electron chi connectivity index (χ3n) is 1.84. The van der Waals surface area contributed by atoms with E-state index in [0.29, 0.717) is 29.8 Å². The van der Waals surface area contributed by atoms with Gasteiger partial charge >= 0.3 is 5.97 Å². The first-order valence-electron chi connectivity index (χ1n) is 5.29. The van der Waals surface area contributed by atoms with Gasteiger partial charge in [-0.25, -0.2) is 0 Å². The molecular formula is C11H19BrN2O2. The van der Waals surface area contributed by atoms with Crippen LogP contribution >= 0.6 is 15.9 Å². The van der Waals surface area contributed by atoms with E-state index in [-0.39, 0.29) is 5.97 Å². The van der Waals surface area contributed by atoms with Crippen molar-refractivity contribution in [2.24, 2.45) is 11.5 Å². The highest BCUT2D eigenvalue weighted by atomic mass is 79.9. The first-order valence-corrected chi connectivity index (χ1v) is 6.08. The summed E-state index contributed by atoms with van der Waals surface area (Å²) in [4.78, 5) is 11.2. The first kappa shape index (κ1) is 15.0. The molecule has 0 spiro atoms. The van der Waals surface area contributed by atoms with Gasteiger partial charge in [0.2, 0.25) is 0 Å². The minimum atomic E-state index is -0.208. The second kappa shape index (κ2) is 9.27. The number of hydrogen-bond donors (Lipinski definition) is 2. The Morgan fingerprint density at radius 1 is 1.31 bits per heavy atom. The highest BCUT2D eigenvalue weighted by Gasteiger charge is 2.02. The molecule has 0 bridgehead atoms. The summed E-state index contributed by atoms with van der Waals surface area (Å²) in [5.41, 5.74) is 11.6. The van der Waals surface area contributed by atoms with Gasteiger partial charge in [-0.3, -0.25) is 4.79 Å². The van der Waals surface area contributed by atoms with E-state index in [1.165, 1.54) is 0 Å². The number of rotatable bonds is 7. The number of ether oxygens (including phenoxy) is 1. The van der Waals surface area contributed by atoms with Crippen LogP contribution in [0.15, 0.2) is 22.5 Å². The van der Waals surface area contributed by atoms with Crippen LogP contribution in [0.1, 0.15) is 32.6 Å². The normalized spacial score (nSPS) is 12.6. The van der Waals surface area contributed by atoms with E-state index in [4.69, 9.17) is 16.2 Å². The minimum Gasteiger partial charge on any atom is -0.466 e. The summed E-state index contributed by atoms with van der Waals surface area (Å²) in [6.07, 6.45) is 6.02. The molecule has 0 saturated carbocycles.